The topological polar surface area (TPSA) is 68.2 Å². The van der Waals surface area contributed by atoms with Crippen molar-refractivity contribution in [2.24, 2.45) is 0 Å². The molecule has 2 aromatic carbocycles. The third-order valence-electron chi connectivity index (χ3n) is 4.14. The van der Waals surface area contributed by atoms with Gasteiger partial charge in [-0.25, -0.2) is 0 Å². The molecule has 0 saturated heterocycles. The largest absolute Gasteiger partial charge is 0.497 e. The second kappa shape index (κ2) is 9.94. The SMILES string of the molecule is COc1ccc(CN(C)CC(O)COc2cccc(C(C)=O)c2)c(OC)c1. The van der Waals surface area contributed by atoms with Crippen molar-refractivity contribution in [2.45, 2.75) is 19.6 Å². The van der Waals surface area contributed by atoms with Crippen molar-refractivity contribution in [1.29, 1.82) is 0 Å². The van der Waals surface area contributed by atoms with Gasteiger partial charge in [0.1, 0.15) is 30.0 Å². The lowest BCUT2D eigenvalue weighted by Gasteiger charge is -2.22. The van der Waals surface area contributed by atoms with Crippen molar-refractivity contribution in [3.05, 3.63) is 53.6 Å². The number of carbonyl (C=O) groups excluding carboxylic acids is 1. The summed E-state index contributed by atoms with van der Waals surface area (Å²) < 4.78 is 16.2. The van der Waals surface area contributed by atoms with Crippen LogP contribution in [0.5, 0.6) is 17.2 Å². The molecule has 27 heavy (non-hydrogen) atoms. The fourth-order valence-electron chi connectivity index (χ4n) is 2.75. The molecule has 0 aromatic heterocycles. The predicted octanol–water partition coefficient (Wildman–Crippen LogP) is 2.78. The molecule has 1 atom stereocenters. The number of benzene rings is 2. The minimum absolute atomic E-state index is 0.0193. The van der Waals surface area contributed by atoms with Gasteiger partial charge in [0.15, 0.2) is 5.78 Å². The number of methoxy groups -OCH3 is 2. The summed E-state index contributed by atoms with van der Waals surface area (Å²) in [6.07, 6.45) is -0.666. The minimum Gasteiger partial charge on any atom is -0.497 e. The number of carbonyl (C=O) groups is 1. The summed E-state index contributed by atoms with van der Waals surface area (Å²) in [6.45, 7) is 2.70. The molecule has 2 aromatic rings. The van der Waals surface area contributed by atoms with Crippen LogP contribution < -0.4 is 14.2 Å². The Morgan fingerprint density at radius 1 is 1.11 bits per heavy atom. The predicted molar refractivity (Wildman–Crippen MR) is 104 cm³/mol. The molecular weight excluding hydrogens is 346 g/mol. The van der Waals surface area contributed by atoms with Crippen molar-refractivity contribution in [2.75, 3.05) is 34.4 Å². The number of hydrogen-bond donors (Lipinski definition) is 1. The van der Waals surface area contributed by atoms with Crippen LogP contribution >= 0.6 is 0 Å². The van der Waals surface area contributed by atoms with Crippen LogP contribution in [0, 0.1) is 0 Å². The van der Waals surface area contributed by atoms with Crippen molar-refractivity contribution in [3.8, 4) is 17.2 Å². The fourth-order valence-corrected chi connectivity index (χ4v) is 2.75. The molecule has 6 nitrogen and oxygen atoms in total. The lowest BCUT2D eigenvalue weighted by Crippen LogP contribution is -2.32. The van der Waals surface area contributed by atoms with E-state index in [0.717, 1.165) is 17.1 Å². The zero-order valence-electron chi connectivity index (χ0n) is 16.3. The van der Waals surface area contributed by atoms with Crippen molar-refractivity contribution < 1.29 is 24.1 Å². The molecule has 0 aliphatic rings. The van der Waals surface area contributed by atoms with Crippen LogP contribution in [0.25, 0.3) is 0 Å². The Balaban J connectivity index is 1.87. The molecular formula is C21H27NO5. The molecule has 0 fully saturated rings. The number of aliphatic hydroxyl groups excluding tert-OH is 1. The fraction of sp³-hybridized carbons (Fsp3) is 0.381. The third kappa shape index (κ3) is 6.27. The Labute approximate surface area is 160 Å². The van der Waals surface area contributed by atoms with Gasteiger partial charge in [0.25, 0.3) is 0 Å². The van der Waals surface area contributed by atoms with Gasteiger partial charge in [-0.3, -0.25) is 9.69 Å². The van der Waals surface area contributed by atoms with Gasteiger partial charge in [0.2, 0.25) is 0 Å². The summed E-state index contributed by atoms with van der Waals surface area (Å²) in [5, 5.41) is 10.3. The maximum Gasteiger partial charge on any atom is 0.159 e. The van der Waals surface area contributed by atoms with E-state index in [4.69, 9.17) is 14.2 Å². The number of hydrogen-bond acceptors (Lipinski definition) is 6. The van der Waals surface area contributed by atoms with E-state index in [2.05, 4.69) is 0 Å². The van der Waals surface area contributed by atoms with E-state index in [9.17, 15) is 9.90 Å². The highest BCUT2D eigenvalue weighted by atomic mass is 16.5. The van der Waals surface area contributed by atoms with Crippen molar-refractivity contribution >= 4 is 5.78 Å². The molecule has 2 rings (SSSR count). The Morgan fingerprint density at radius 2 is 1.89 bits per heavy atom. The van der Waals surface area contributed by atoms with Crippen LogP contribution in [0.1, 0.15) is 22.8 Å². The number of nitrogens with zero attached hydrogens (tertiary/aromatic N) is 1. The number of likely N-dealkylation sites (N-methyl/N-ethyl adjacent to an activating group) is 1. The summed E-state index contributed by atoms with van der Waals surface area (Å²) in [5.74, 6) is 2.03. The van der Waals surface area contributed by atoms with E-state index >= 15 is 0 Å². The Bertz CT molecular complexity index is 762. The highest BCUT2D eigenvalue weighted by Crippen LogP contribution is 2.25. The summed E-state index contributed by atoms with van der Waals surface area (Å²) >= 11 is 0. The number of rotatable bonds is 10. The van der Waals surface area contributed by atoms with Crippen LogP contribution in [0.4, 0.5) is 0 Å². The van der Waals surface area contributed by atoms with E-state index in [1.807, 2.05) is 30.1 Å². The molecule has 0 saturated carbocycles. The Hall–Kier alpha value is -2.57. The standard InChI is InChI=1S/C21H27NO5/c1-15(23)16-6-5-7-20(10-16)27-14-18(24)13-22(2)12-17-8-9-19(25-3)11-21(17)26-4/h5-11,18,24H,12-14H2,1-4H3. The van der Waals surface area contributed by atoms with E-state index in [0.29, 0.717) is 24.4 Å². The van der Waals surface area contributed by atoms with Gasteiger partial charge < -0.3 is 19.3 Å². The smallest absolute Gasteiger partial charge is 0.159 e. The number of ketones is 1. The Kier molecular flexibility index (Phi) is 7.64. The molecule has 0 radical (unpaired) electrons. The van der Waals surface area contributed by atoms with E-state index < -0.39 is 6.10 Å². The molecule has 0 spiro atoms. The first kappa shape index (κ1) is 20.7. The second-order valence-corrected chi connectivity index (χ2v) is 6.42. The molecule has 0 amide bonds. The first-order chi connectivity index (χ1) is 12.9. The second-order valence-electron chi connectivity index (χ2n) is 6.42. The van der Waals surface area contributed by atoms with Gasteiger partial charge in [0.05, 0.1) is 14.2 Å². The van der Waals surface area contributed by atoms with Gasteiger partial charge in [-0.15, -0.1) is 0 Å². The molecule has 1 unspecified atom stereocenters. The van der Waals surface area contributed by atoms with Crippen molar-refractivity contribution in [3.63, 3.8) is 0 Å². The third-order valence-corrected chi connectivity index (χ3v) is 4.14. The van der Waals surface area contributed by atoms with Crippen LogP contribution in [-0.2, 0) is 6.54 Å². The lowest BCUT2D eigenvalue weighted by molar-refractivity contribution is 0.0741. The monoisotopic (exact) mass is 373 g/mol. The van der Waals surface area contributed by atoms with Crippen LogP contribution in [0.15, 0.2) is 42.5 Å². The van der Waals surface area contributed by atoms with Crippen molar-refractivity contribution in [1.82, 2.24) is 4.90 Å². The average Bonchev–Trinajstić information content (AvgIpc) is 2.66. The molecule has 6 heteroatoms. The lowest BCUT2D eigenvalue weighted by atomic mass is 10.1. The molecule has 1 N–H and O–H groups in total. The van der Waals surface area contributed by atoms with Gasteiger partial charge in [-0.2, -0.15) is 0 Å². The van der Waals surface area contributed by atoms with Gasteiger partial charge in [-0.1, -0.05) is 18.2 Å². The minimum atomic E-state index is -0.666. The molecule has 0 aliphatic heterocycles. The first-order valence-corrected chi connectivity index (χ1v) is 8.74. The molecule has 0 heterocycles. The van der Waals surface area contributed by atoms with E-state index in [1.54, 1.807) is 38.5 Å². The number of Topliss-reactive ketones (excluding diaryl/α,β-unsaturated/α-hetero) is 1. The van der Waals surface area contributed by atoms with E-state index in [1.165, 1.54) is 6.92 Å². The van der Waals surface area contributed by atoms with Crippen LogP contribution in [0.2, 0.25) is 0 Å². The zero-order valence-corrected chi connectivity index (χ0v) is 16.3. The molecule has 146 valence electrons. The summed E-state index contributed by atoms with van der Waals surface area (Å²) in [5.41, 5.74) is 1.59. The highest BCUT2D eigenvalue weighted by molar-refractivity contribution is 5.94. The van der Waals surface area contributed by atoms with Gasteiger partial charge in [0, 0.05) is 30.3 Å². The summed E-state index contributed by atoms with van der Waals surface area (Å²) in [7, 11) is 5.16. The van der Waals surface area contributed by atoms with Crippen LogP contribution in [-0.4, -0.2) is 56.3 Å². The zero-order chi connectivity index (χ0) is 19.8. The average molecular weight is 373 g/mol. The highest BCUT2D eigenvalue weighted by Gasteiger charge is 2.13. The van der Waals surface area contributed by atoms with Crippen LogP contribution in [0.3, 0.4) is 0 Å². The Morgan fingerprint density at radius 3 is 2.56 bits per heavy atom. The summed E-state index contributed by atoms with van der Waals surface area (Å²) in [6, 6.07) is 12.6. The number of aliphatic hydroxyl groups is 1. The normalized spacial score (nSPS) is 11.9. The summed E-state index contributed by atoms with van der Waals surface area (Å²) in [4.78, 5) is 13.4. The number of ether oxygens (including phenoxy) is 3. The van der Waals surface area contributed by atoms with Gasteiger partial charge >= 0.3 is 0 Å². The quantitative estimate of drug-likeness (QED) is 0.646. The van der Waals surface area contributed by atoms with E-state index in [-0.39, 0.29) is 12.4 Å². The molecule has 0 bridgehead atoms. The maximum absolute atomic E-state index is 11.4. The molecule has 0 aliphatic carbocycles. The van der Waals surface area contributed by atoms with Gasteiger partial charge in [-0.05, 0) is 32.2 Å². The maximum atomic E-state index is 11.4. The first-order valence-electron chi connectivity index (χ1n) is 8.74.